The summed E-state index contributed by atoms with van der Waals surface area (Å²) in [5.74, 6) is 0. The number of anilines is 1. The molecule has 0 atom stereocenters. The molecule has 0 aliphatic rings. The molecule has 1 aromatic carbocycles. The molecule has 1 rings (SSSR count). The van der Waals surface area contributed by atoms with Crippen molar-refractivity contribution in [3.8, 4) is 0 Å². The zero-order chi connectivity index (χ0) is 13.4. The van der Waals surface area contributed by atoms with E-state index in [1.165, 1.54) is 0 Å². The molecule has 11 heteroatoms. The number of benzene rings is 1. The van der Waals surface area contributed by atoms with Gasteiger partial charge < -0.3 is 5.73 Å². The highest BCUT2D eigenvalue weighted by molar-refractivity contribution is 8.13. The van der Waals surface area contributed by atoms with Crippen LogP contribution in [0, 0.1) is 20.2 Å². The van der Waals surface area contributed by atoms with Gasteiger partial charge in [-0.2, -0.15) is 0 Å². The maximum Gasteiger partial charge on any atom is 0.300 e. The number of halogens is 1. The maximum absolute atomic E-state index is 11.0. The van der Waals surface area contributed by atoms with Crippen LogP contribution in [0.2, 0.25) is 0 Å². The normalized spacial score (nSPS) is 11.1. The van der Waals surface area contributed by atoms with Gasteiger partial charge in [-0.25, -0.2) is 8.42 Å². The molecule has 9 nitrogen and oxygen atoms in total. The highest BCUT2D eigenvalue weighted by atomic mass is 35.7. The Bertz CT molecular complexity index is 577. The minimum atomic E-state index is -4.32. The second-order valence-electron chi connectivity index (χ2n) is 2.83. The molecular weight excluding hydrogens is 278 g/mol. The number of nitrogen functional groups attached to an aromatic ring is 1. The number of rotatable bonds is 3. The third-order valence-electron chi connectivity index (χ3n) is 1.78. The van der Waals surface area contributed by atoms with E-state index in [1.54, 1.807) is 0 Å². The van der Waals surface area contributed by atoms with E-state index >= 15 is 0 Å². The van der Waals surface area contributed by atoms with Gasteiger partial charge in [-0.05, 0) is 0 Å². The number of nitro benzene ring substituents is 2. The molecule has 0 bridgehead atoms. The quantitative estimate of drug-likeness (QED) is 0.376. The van der Waals surface area contributed by atoms with Crippen LogP contribution in [0.1, 0.15) is 0 Å². The van der Waals surface area contributed by atoms with E-state index < -0.39 is 40.9 Å². The van der Waals surface area contributed by atoms with Crippen molar-refractivity contribution in [1.29, 1.82) is 0 Å². The number of hydrogen-bond acceptors (Lipinski definition) is 7. The Morgan fingerprint density at radius 3 is 1.71 bits per heavy atom. The fraction of sp³-hybridized carbons (Fsp3) is 0. The van der Waals surface area contributed by atoms with Crippen molar-refractivity contribution in [3.05, 3.63) is 32.4 Å². The van der Waals surface area contributed by atoms with Crippen LogP contribution in [0.4, 0.5) is 17.1 Å². The van der Waals surface area contributed by atoms with Crippen LogP contribution >= 0.6 is 10.7 Å². The summed E-state index contributed by atoms with van der Waals surface area (Å²) in [5.41, 5.74) is 2.66. The minimum Gasteiger partial charge on any atom is -0.387 e. The van der Waals surface area contributed by atoms with Crippen LogP contribution in [-0.2, 0) is 9.05 Å². The van der Waals surface area contributed by atoms with Gasteiger partial charge in [0.1, 0.15) is 0 Å². The van der Waals surface area contributed by atoms with Crippen molar-refractivity contribution in [2.75, 3.05) is 5.73 Å². The van der Waals surface area contributed by atoms with Crippen LogP contribution in [0.5, 0.6) is 0 Å². The standard InChI is InChI=1S/C6H4ClN3O6S/c7-17(15,16)3-1-4(9(11)12)6(8)5(2-3)10(13)14/h1-2H,8H2. The molecule has 0 amide bonds. The smallest absolute Gasteiger partial charge is 0.300 e. The Hall–Kier alpha value is -1.94. The van der Waals surface area contributed by atoms with E-state index in [9.17, 15) is 28.6 Å². The van der Waals surface area contributed by atoms with E-state index in [-0.39, 0.29) is 0 Å². The summed E-state index contributed by atoms with van der Waals surface area (Å²) in [7, 11) is 0.627. The third-order valence-corrected chi connectivity index (χ3v) is 3.12. The first-order chi connectivity index (χ1) is 7.64. The fourth-order valence-corrected chi connectivity index (χ4v) is 1.81. The molecule has 0 radical (unpaired) electrons. The highest BCUT2D eigenvalue weighted by Gasteiger charge is 2.27. The lowest BCUT2D eigenvalue weighted by molar-refractivity contribution is -0.392. The van der Waals surface area contributed by atoms with Gasteiger partial charge in [-0.1, -0.05) is 0 Å². The summed E-state index contributed by atoms with van der Waals surface area (Å²) < 4.78 is 21.9. The van der Waals surface area contributed by atoms with Crippen LogP contribution < -0.4 is 5.73 Å². The fourth-order valence-electron chi connectivity index (χ4n) is 1.04. The van der Waals surface area contributed by atoms with E-state index in [1.807, 2.05) is 0 Å². The van der Waals surface area contributed by atoms with Crippen molar-refractivity contribution in [2.45, 2.75) is 4.90 Å². The monoisotopic (exact) mass is 281 g/mol. The lowest BCUT2D eigenvalue weighted by Crippen LogP contribution is -2.03. The summed E-state index contributed by atoms with van der Waals surface area (Å²) >= 11 is 0. The van der Waals surface area contributed by atoms with Gasteiger partial charge in [0.05, 0.1) is 14.7 Å². The van der Waals surface area contributed by atoms with Crippen molar-refractivity contribution in [2.24, 2.45) is 0 Å². The summed E-state index contributed by atoms with van der Waals surface area (Å²) in [6.45, 7) is 0. The average Bonchev–Trinajstić information content (AvgIpc) is 2.14. The van der Waals surface area contributed by atoms with E-state index in [4.69, 9.17) is 16.4 Å². The molecule has 0 aliphatic carbocycles. The predicted octanol–water partition coefficient (Wildman–Crippen LogP) is 1.01. The number of hydrogen-bond donors (Lipinski definition) is 1. The Kier molecular flexibility index (Phi) is 3.20. The molecular formula is C6H4ClN3O6S. The van der Waals surface area contributed by atoms with Crippen molar-refractivity contribution < 1.29 is 18.3 Å². The number of nitrogens with two attached hydrogens (primary N) is 1. The Morgan fingerprint density at radius 2 is 1.47 bits per heavy atom. The second kappa shape index (κ2) is 4.14. The lowest BCUT2D eigenvalue weighted by Gasteiger charge is -2.01. The topological polar surface area (TPSA) is 146 Å². The molecule has 2 N–H and O–H groups in total. The van der Waals surface area contributed by atoms with Crippen LogP contribution in [0.25, 0.3) is 0 Å². The summed E-state index contributed by atoms with van der Waals surface area (Å²) in [5, 5.41) is 21.1. The predicted molar refractivity (Wildman–Crippen MR) is 57.2 cm³/mol. The van der Waals surface area contributed by atoms with Crippen molar-refractivity contribution >= 4 is 36.8 Å². The lowest BCUT2D eigenvalue weighted by atomic mass is 10.2. The van der Waals surface area contributed by atoms with Crippen LogP contribution in [0.3, 0.4) is 0 Å². The van der Waals surface area contributed by atoms with E-state index in [2.05, 4.69) is 0 Å². The summed E-state index contributed by atoms with van der Waals surface area (Å²) in [6.07, 6.45) is 0. The molecule has 0 fully saturated rings. The summed E-state index contributed by atoms with van der Waals surface area (Å²) in [4.78, 5) is 18.3. The molecule has 0 spiro atoms. The van der Waals surface area contributed by atoms with Crippen molar-refractivity contribution in [3.63, 3.8) is 0 Å². The van der Waals surface area contributed by atoms with Crippen molar-refractivity contribution in [1.82, 2.24) is 0 Å². The van der Waals surface area contributed by atoms with Gasteiger partial charge in [0, 0.05) is 22.8 Å². The van der Waals surface area contributed by atoms with Gasteiger partial charge >= 0.3 is 11.4 Å². The van der Waals surface area contributed by atoms with Gasteiger partial charge in [0.15, 0.2) is 5.69 Å². The third kappa shape index (κ3) is 2.60. The SMILES string of the molecule is Nc1c([N+](=O)[O-])cc(S(=O)(=O)Cl)cc1[N+](=O)[O-]. The first kappa shape index (κ1) is 13.1. The van der Waals surface area contributed by atoms with Crippen LogP contribution in [0.15, 0.2) is 17.0 Å². The van der Waals surface area contributed by atoms with Gasteiger partial charge in [-0.3, -0.25) is 20.2 Å². The Labute approximate surface area is 98.5 Å². The molecule has 0 aliphatic heterocycles. The Morgan fingerprint density at radius 1 is 1.12 bits per heavy atom. The number of nitrogens with zero attached hydrogens (tertiary/aromatic N) is 2. The molecule has 0 saturated carbocycles. The van der Waals surface area contributed by atoms with Crippen LogP contribution in [-0.4, -0.2) is 18.3 Å². The highest BCUT2D eigenvalue weighted by Crippen LogP contribution is 2.35. The summed E-state index contributed by atoms with van der Waals surface area (Å²) in [6, 6.07) is 1.12. The molecule has 0 heterocycles. The molecule has 17 heavy (non-hydrogen) atoms. The first-order valence-electron chi connectivity index (χ1n) is 3.81. The van der Waals surface area contributed by atoms with Gasteiger partial charge in [0.25, 0.3) is 9.05 Å². The number of nitro groups is 2. The van der Waals surface area contributed by atoms with Gasteiger partial charge in [0.2, 0.25) is 0 Å². The largest absolute Gasteiger partial charge is 0.387 e. The first-order valence-corrected chi connectivity index (χ1v) is 6.12. The van der Waals surface area contributed by atoms with E-state index in [0.717, 1.165) is 0 Å². The molecule has 0 aromatic heterocycles. The minimum absolute atomic E-state index is 0.560. The second-order valence-corrected chi connectivity index (χ2v) is 5.39. The molecule has 0 unspecified atom stereocenters. The zero-order valence-electron chi connectivity index (χ0n) is 7.86. The maximum atomic E-state index is 11.0. The zero-order valence-corrected chi connectivity index (χ0v) is 9.43. The average molecular weight is 282 g/mol. The molecule has 0 saturated heterocycles. The molecule has 92 valence electrons. The molecule has 1 aromatic rings. The van der Waals surface area contributed by atoms with E-state index in [0.29, 0.717) is 12.1 Å². The Balaban J connectivity index is 3.71. The van der Waals surface area contributed by atoms with Gasteiger partial charge in [-0.15, -0.1) is 0 Å².